The minimum absolute atomic E-state index is 1.08. The van der Waals surface area contributed by atoms with Crippen LogP contribution in [-0.4, -0.2) is 0 Å². The molecule has 64 heavy (non-hydrogen) atoms. The summed E-state index contributed by atoms with van der Waals surface area (Å²) in [6, 6.07) is 91.1. The molecule has 0 spiro atoms. The second-order valence-electron chi connectivity index (χ2n) is 16.4. The van der Waals surface area contributed by atoms with Gasteiger partial charge in [0.2, 0.25) is 0 Å². The summed E-state index contributed by atoms with van der Waals surface area (Å²) in [7, 11) is 0. The molecule has 0 bridgehead atoms. The molecule has 0 atom stereocenters. The van der Waals surface area contributed by atoms with Crippen LogP contribution in [0.5, 0.6) is 0 Å². The third-order valence-corrected chi connectivity index (χ3v) is 13.9. The first kappa shape index (κ1) is 37.7. The molecule has 0 unspecified atom stereocenters. The Morgan fingerprint density at radius 2 is 0.828 bits per heavy atom. The number of anilines is 3. The third-order valence-electron chi connectivity index (χ3n) is 12.7. The van der Waals surface area contributed by atoms with Gasteiger partial charge in [0.1, 0.15) is 0 Å². The van der Waals surface area contributed by atoms with E-state index in [2.05, 4.69) is 254 Å². The Morgan fingerprint density at radius 3 is 1.64 bits per heavy atom. The molecule has 12 aromatic rings. The van der Waals surface area contributed by atoms with E-state index in [1.165, 1.54) is 97.4 Å². The van der Waals surface area contributed by atoms with Gasteiger partial charge in [-0.3, -0.25) is 0 Å². The molecule has 0 fully saturated rings. The molecule has 1 nitrogen and oxygen atoms in total. The zero-order valence-electron chi connectivity index (χ0n) is 35.0. The predicted octanol–water partition coefficient (Wildman–Crippen LogP) is 18.2. The van der Waals surface area contributed by atoms with Gasteiger partial charge in [-0.1, -0.05) is 212 Å². The van der Waals surface area contributed by atoms with Gasteiger partial charge in [0.15, 0.2) is 0 Å². The summed E-state index contributed by atoms with van der Waals surface area (Å²) < 4.78 is 2.59. The summed E-state index contributed by atoms with van der Waals surface area (Å²) in [5, 5.41) is 7.65. The highest BCUT2D eigenvalue weighted by Crippen LogP contribution is 2.51. The monoisotopic (exact) mass is 831 g/mol. The minimum Gasteiger partial charge on any atom is -0.309 e. The van der Waals surface area contributed by atoms with Gasteiger partial charge in [0.05, 0.1) is 11.4 Å². The van der Waals surface area contributed by atoms with Crippen molar-refractivity contribution in [2.24, 2.45) is 0 Å². The molecule has 11 aromatic carbocycles. The topological polar surface area (TPSA) is 3.24 Å². The molecule has 1 heterocycles. The lowest BCUT2D eigenvalue weighted by atomic mass is 9.87. The SMILES string of the molecule is c1ccc(-c2ccccc2-c2c(-c3ccccc3)cccc2N(c2ccc(-c3ccc4c(ccc5ccccc54)c3)cc2)c2ccccc2-c2cccc3c2sc2ccccc23)cc1. The Hall–Kier alpha value is -8.04. The van der Waals surface area contributed by atoms with E-state index >= 15 is 0 Å². The van der Waals surface area contributed by atoms with E-state index < -0.39 is 0 Å². The van der Waals surface area contributed by atoms with Gasteiger partial charge in [-0.05, 0) is 96.9 Å². The number of hydrogen-bond acceptors (Lipinski definition) is 2. The van der Waals surface area contributed by atoms with Crippen molar-refractivity contribution in [2.45, 2.75) is 0 Å². The Labute approximate surface area is 377 Å². The molecule has 0 aliphatic heterocycles. The summed E-state index contributed by atoms with van der Waals surface area (Å²) >= 11 is 1.88. The molecule has 0 N–H and O–H groups in total. The van der Waals surface area contributed by atoms with Crippen molar-refractivity contribution < 1.29 is 0 Å². The lowest BCUT2D eigenvalue weighted by Gasteiger charge is -2.31. The van der Waals surface area contributed by atoms with E-state index in [1.807, 2.05) is 11.3 Å². The van der Waals surface area contributed by atoms with Gasteiger partial charge in [0, 0.05) is 42.6 Å². The van der Waals surface area contributed by atoms with Crippen molar-refractivity contribution in [1.82, 2.24) is 0 Å². The largest absolute Gasteiger partial charge is 0.309 e. The van der Waals surface area contributed by atoms with Crippen LogP contribution in [0.3, 0.4) is 0 Å². The number of benzene rings is 11. The minimum atomic E-state index is 1.08. The van der Waals surface area contributed by atoms with E-state index in [-0.39, 0.29) is 0 Å². The number of para-hydroxylation sites is 1. The molecule has 12 rings (SSSR count). The molecule has 0 saturated heterocycles. The molecule has 1 aromatic heterocycles. The number of nitrogens with zero attached hydrogens (tertiary/aromatic N) is 1. The number of thiophene rings is 1. The average Bonchev–Trinajstić information content (AvgIpc) is 3.76. The normalized spacial score (nSPS) is 11.4. The lowest BCUT2D eigenvalue weighted by Crippen LogP contribution is -2.13. The van der Waals surface area contributed by atoms with Gasteiger partial charge in [-0.15, -0.1) is 11.3 Å². The molecular formula is C62H41NS. The van der Waals surface area contributed by atoms with Crippen molar-refractivity contribution >= 4 is 70.1 Å². The van der Waals surface area contributed by atoms with Crippen LogP contribution in [0.4, 0.5) is 17.1 Å². The number of hydrogen-bond donors (Lipinski definition) is 0. The maximum Gasteiger partial charge on any atom is 0.0546 e. The van der Waals surface area contributed by atoms with Crippen LogP contribution >= 0.6 is 11.3 Å². The Bertz CT molecular complexity index is 3660. The van der Waals surface area contributed by atoms with E-state index in [4.69, 9.17) is 0 Å². The molecule has 0 saturated carbocycles. The Balaban J connectivity index is 1.10. The van der Waals surface area contributed by atoms with Crippen molar-refractivity contribution in [3.63, 3.8) is 0 Å². The smallest absolute Gasteiger partial charge is 0.0546 e. The van der Waals surface area contributed by atoms with Crippen molar-refractivity contribution in [3.05, 3.63) is 249 Å². The Kier molecular flexibility index (Phi) is 9.43. The maximum absolute atomic E-state index is 2.50. The highest BCUT2D eigenvalue weighted by molar-refractivity contribution is 7.26. The molecule has 0 amide bonds. The van der Waals surface area contributed by atoms with Gasteiger partial charge < -0.3 is 4.90 Å². The molecule has 0 aliphatic rings. The summed E-state index contributed by atoms with van der Waals surface area (Å²) in [6.07, 6.45) is 0. The summed E-state index contributed by atoms with van der Waals surface area (Å²) in [5.74, 6) is 0. The van der Waals surface area contributed by atoms with Crippen molar-refractivity contribution in [1.29, 1.82) is 0 Å². The van der Waals surface area contributed by atoms with Gasteiger partial charge in [-0.2, -0.15) is 0 Å². The molecule has 300 valence electrons. The van der Waals surface area contributed by atoms with Gasteiger partial charge in [-0.25, -0.2) is 0 Å². The summed E-state index contributed by atoms with van der Waals surface area (Å²) in [5.41, 5.74) is 15.1. The number of rotatable bonds is 8. The average molecular weight is 832 g/mol. The quantitative estimate of drug-likeness (QED) is 0.138. The summed E-state index contributed by atoms with van der Waals surface area (Å²) in [6.45, 7) is 0. The second-order valence-corrected chi connectivity index (χ2v) is 17.4. The van der Waals surface area contributed by atoms with Crippen molar-refractivity contribution in [2.75, 3.05) is 4.90 Å². The van der Waals surface area contributed by atoms with Crippen LogP contribution in [0.2, 0.25) is 0 Å². The summed E-state index contributed by atoms with van der Waals surface area (Å²) in [4.78, 5) is 2.50. The second kappa shape index (κ2) is 16.0. The van der Waals surface area contributed by atoms with Crippen molar-refractivity contribution in [3.8, 4) is 55.6 Å². The van der Waals surface area contributed by atoms with Gasteiger partial charge in [0.25, 0.3) is 0 Å². The maximum atomic E-state index is 2.50. The third kappa shape index (κ3) is 6.55. The van der Waals surface area contributed by atoms with Crippen LogP contribution in [-0.2, 0) is 0 Å². The van der Waals surface area contributed by atoms with Crippen LogP contribution in [0.15, 0.2) is 249 Å². The first-order valence-electron chi connectivity index (χ1n) is 21.9. The van der Waals surface area contributed by atoms with Crippen LogP contribution in [0, 0.1) is 0 Å². The fraction of sp³-hybridized carbons (Fsp3) is 0. The fourth-order valence-electron chi connectivity index (χ4n) is 9.70. The predicted molar refractivity (Wildman–Crippen MR) is 276 cm³/mol. The Morgan fingerprint density at radius 1 is 0.281 bits per heavy atom. The van der Waals surface area contributed by atoms with Gasteiger partial charge >= 0.3 is 0 Å². The first-order chi connectivity index (χ1) is 31.8. The highest BCUT2D eigenvalue weighted by Gasteiger charge is 2.25. The zero-order chi connectivity index (χ0) is 42.4. The molecule has 2 heteroatoms. The van der Waals surface area contributed by atoms with E-state index in [0.29, 0.717) is 0 Å². The van der Waals surface area contributed by atoms with Crippen LogP contribution in [0.25, 0.3) is 97.4 Å². The standard InChI is InChI=1S/C62H41NS/c1-3-17-43(18-4-1)50-23-9-10-26-55(50)61-52(44-19-5-2-6-20-44)27-16-31-59(61)63(58-30-13-11-24-53(58)56-28-15-29-57-54-25-12-14-32-60(54)64-62(56)57)48-38-35-42(36-39-48)46-37-40-51-47(41-46)34-33-45-21-7-8-22-49(45)51/h1-41H. The van der Waals surface area contributed by atoms with E-state index in [0.717, 1.165) is 17.1 Å². The highest BCUT2D eigenvalue weighted by atomic mass is 32.1. The molecule has 0 aliphatic carbocycles. The first-order valence-corrected chi connectivity index (χ1v) is 22.7. The molecular weight excluding hydrogens is 791 g/mol. The molecule has 0 radical (unpaired) electrons. The van der Waals surface area contributed by atoms with E-state index in [9.17, 15) is 0 Å². The van der Waals surface area contributed by atoms with Crippen LogP contribution in [0.1, 0.15) is 0 Å². The lowest BCUT2D eigenvalue weighted by molar-refractivity contribution is 1.28. The van der Waals surface area contributed by atoms with E-state index in [1.54, 1.807) is 0 Å². The fourth-order valence-corrected chi connectivity index (χ4v) is 10.9. The number of fused-ring (bicyclic) bond motifs is 6. The van der Waals surface area contributed by atoms with Crippen LogP contribution < -0.4 is 4.90 Å². The zero-order valence-corrected chi connectivity index (χ0v) is 35.8.